The van der Waals surface area contributed by atoms with Gasteiger partial charge in [0.05, 0.1) is 7.11 Å². The highest BCUT2D eigenvalue weighted by atomic mass is 16.6. The molecule has 1 aromatic rings. The SMILES string of the molecule is COC(=O)C1(CCCN(C)C(=O)OC(C)(C)C)CN(C(=O)OCc2ccccc2)C1. The first-order valence-corrected chi connectivity index (χ1v) is 10.0. The molecular weight excluding hydrogens is 388 g/mol. The Morgan fingerprint density at radius 2 is 1.77 bits per heavy atom. The third-order valence-corrected chi connectivity index (χ3v) is 4.92. The van der Waals surface area contributed by atoms with Crippen molar-refractivity contribution in [3.63, 3.8) is 0 Å². The molecule has 0 bridgehead atoms. The fourth-order valence-electron chi connectivity index (χ4n) is 3.32. The molecule has 0 saturated carbocycles. The molecule has 2 rings (SSSR count). The Morgan fingerprint density at radius 3 is 2.33 bits per heavy atom. The minimum absolute atomic E-state index is 0.183. The van der Waals surface area contributed by atoms with Gasteiger partial charge in [-0.1, -0.05) is 30.3 Å². The molecule has 1 aromatic carbocycles. The number of methoxy groups -OCH3 is 1. The van der Waals surface area contributed by atoms with Crippen molar-refractivity contribution in [2.75, 3.05) is 33.8 Å². The van der Waals surface area contributed by atoms with Crippen molar-refractivity contribution in [3.05, 3.63) is 35.9 Å². The molecule has 1 aliphatic heterocycles. The number of amides is 2. The first-order chi connectivity index (χ1) is 14.1. The Balaban J connectivity index is 1.83. The van der Waals surface area contributed by atoms with E-state index in [-0.39, 0.29) is 25.7 Å². The van der Waals surface area contributed by atoms with Gasteiger partial charge in [-0.15, -0.1) is 0 Å². The van der Waals surface area contributed by atoms with Crippen LogP contribution in [-0.4, -0.2) is 67.3 Å². The van der Waals surface area contributed by atoms with E-state index in [0.29, 0.717) is 19.4 Å². The highest BCUT2D eigenvalue weighted by Gasteiger charge is 2.52. The zero-order valence-corrected chi connectivity index (χ0v) is 18.5. The van der Waals surface area contributed by atoms with Crippen LogP contribution in [0.5, 0.6) is 0 Å². The summed E-state index contributed by atoms with van der Waals surface area (Å²) < 4.78 is 15.6. The maximum absolute atomic E-state index is 12.4. The zero-order valence-electron chi connectivity index (χ0n) is 18.5. The number of likely N-dealkylation sites (tertiary alicyclic amines) is 1. The van der Waals surface area contributed by atoms with Crippen molar-refractivity contribution in [1.29, 1.82) is 0 Å². The summed E-state index contributed by atoms with van der Waals surface area (Å²) in [5.41, 5.74) is -0.432. The summed E-state index contributed by atoms with van der Waals surface area (Å²) in [6.45, 7) is 6.53. The van der Waals surface area contributed by atoms with E-state index in [2.05, 4.69) is 0 Å². The fraction of sp³-hybridized carbons (Fsp3) is 0.591. The second kappa shape index (κ2) is 9.82. The van der Waals surface area contributed by atoms with Gasteiger partial charge >= 0.3 is 18.2 Å². The summed E-state index contributed by atoms with van der Waals surface area (Å²) in [5.74, 6) is -0.352. The van der Waals surface area contributed by atoms with Crippen LogP contribution in [0.4, 0.5) is 9.59 Å². The maximum atomic E-state index is 12.4. The van der Waals surface area contributed by atoms with Crippen LogP contribution in [0.25, 0.3) is 0 Å². The Morgan fingerprint density at radius 1 is 1.13 bits per heavy atom. The lowest BCUT2D eigenvalue weighted by Crippen LogP contribution is -2.62. The van der Waals surface area contributed by atoms with Gasteiger partial charge in [0, 0.05) is 26.7 Å². The van der Waals surface area contributed by atoms with E-state index in [1.807, 2.05) is 51.1 Å². The van der Waals surface area contributed by atoms with Gasteiger partial charge in [-0.25, -0.2) is 9.59 Å². The van der Waals surface area contributed by atoms with Crippen molar-refractivity contribution in [2.24, 2.45) is 5.41 Å². The third-order valence-electron chi connectivity index (χ3n) is 4.92. The Labute approximate surface area is 178 Å². The molecule has 0 unspecified atom stereocenters. The predicted molar refractivity (Wildman–Crippen MR) is 111 cm³/mol. The van der Waals surface area contributed by atoms with E-state index in [1.165, 1.54) is 16.9 Å². The number of hydrogen-bond donors (Lipinski definition) is 0. The van der Waals surface area contributed by atoms with E-state index in [9.17, 15) is 14.4 Å². The number of benzene rings is 1. The van der Waals surface area contributed by atoms with Crippen LogP contribution in [-0.2, 0) is 25.6 Å². The molecule has 1 fully saturated rings. The molecule has 0 radical (unpaired) electrons. The number of carbonyl (C=O) groups excluding carboxylic acids is 3. The molecule has 30 heavy (non-hydrogen) atoms. The highest BCUT2D eigenvalue weighted by Crippen LogP contribution is 2.37. The molecule has 0 N–H and O–H groups in total. The number of hydrogen-bond acceptors (Lipinski definition) is 6. The van der Waals surface area contributed by atoms with Crippen molar-refractivity contribution in [3.8, 4) is 0 Å². The van der Waals surface area contributed by atoms with Gasteiger partial charge in [-0.05, 0) is 39.2 Å². The van der Waals surface area contributed by atoms with E-state index < -0.39 is 23.2 Å². The van der Waals surface area contributed by atoms with Crippen LogP contribution in [0, 0.1) is 5.41 Å². The van der Waals surface area contributed by atoms with Crippen LogP contribution < -0.4 is 0 Å². The topological polar surface area (TPSA) is 85.4 Å². The Bertz CT molecular complexity index is 738. The largest absolute Gasteiger partial charge is 0.468 e. The molecule has 2 amide bonds. The van der Waals surface area contributed by atoms with E-state index in [1.54, 1.807) is 7.05 Å². The fourth-order valence-corrected chi connectivity index (χ4v) is 3.32. The zero-order chi connectivity index (χ0) is 22.4. The van der Waals surface area contributed by atoms with E-state index in [4.69, 9.17) is 14.2 Å². The monoisotopic (exact) mass is 420 g/mol. The standard InChI is InChI=1S/C22H32N2O6/c1-21(2,3)30-19(26)23(4)13-9-12-22(18(25)28-5)15-24(16-22)20(27)29-14-17-10-7-6-8-11-17/h6-8,10-11H,9,12-16H2,1-5H3. The predicted octanol–water partition coefficient (Wildman–Crippen LogP) is 3.45. The smallest absolute Gasteiger partial charge is 0.410 e. The second-order valence-corrected chi connectivity index (χ2v) is 8.67. The van der Waals surface area contributed by atoms with Crippen LogP contribution in [0.1, 0.15) is 39.2 Å². The molecule has 8 heteroatoms. The summed E-state index contributed by atoms with van der Waals surface area (Å²) >= 11 is 0. The van der Waals surface area contributed by atoms with Gasteiger partial charge in [0.2, 0.25) is 0 Å². The van der Waals surface area contributed by atoms with Gasteiger partial charge in [0.1, 0.15) is 17.6 Å². The average molecular weight is 421 g/mol. The van der Waals surface area contributed by atoms with Gasteiger partial charge < -0.3 is 24.0 Å². The van der Waals surface area contributed by atoms with Crippen LogP contribution in [0.15, 0.2) is 30.3 Å². The minimum Gasteiger partial charge on any atom is -0.468 e. The average Bonchev–Trinajstić information content (AvgIpc) is 2.66. The first kappa shape index (κ1) is 23.5. The summed E-state index contributed by atoms with van der Waals surface area (Å²) in [6.07, 6.45) is 0.214. The van der Waals surface area contributed by atoms with Crippen molar-refractivity contribution in [2.45, 2.75) is 45.8 Å². The summed E-state index contributed by atoms with van der Waals surface area (Å²) in [6, 6.07) is 9.41. The Kier molecular flexibility index (Phi) is 7.70. The molecule has 166 valence electrons. The molecule has 0 atom stereocenters. The lowest BCUT2D eigenvalue weighted by molar-refractivity contribution is -0.163. The molecule has 8 nitrogen and oxygen atoms in total. The van der Waals surface area contributed by atoms with Crippen molar-refractivity contribution < 1.29 is 28.6 Å². The molecular formula is C22H32N2O6. The normalized spacial score (nSPS) is 15.0. The first-order valence-electron chi connectivity index (χ1n) is 10.0. The number of carbonyl (C=O) groups is 3. The van der Waals surface area contributed by atoms with E-state index in [0.717, 1.165) is 5.56 Å². The lowest BCUT2D eigenvalue weighted by atomic mass is 9.76. The number of ether oxygens (including phenoxy) is 3. The van der Waals surface area contributed by atoms with Crippen LogP contribution >= 0.6 is 0 Å². The summed E-state index contributed by atoms with van der Waals surface area (Å²) in [7, 11) is 3.00. The van der Waals surface area contributed by atoms with Gasteiger partial charge in [-0.3, -0.25) is 4.79 Å². The number of rotatable bonds is 7. The van der Waals surface area contributed by atoms with Crippen molar-refractivity contribution in [1.82, 2.24) is 9.80 Å². The van der Waals surface area contributed by atoms with Crippen LogP contribution in [0.3, 0.4) is 0 Å². The van der Waals surface area contributed by atoms with Gasteiger partial charge in [0.15, 0.2) is 0 Å². The van der Waals surface area contributed by atoms with Crippen molar-refractivity contribution >= 4 is 18.2 Å². The number of nitrogens with zero attached hydrogens (tertiary/aromatic N) is 2. The molecule has 1 heterocycles. The summed E-state index contributed by atoms with van der Waals surface area (Å²) in [4.78, 5) is 39.7. The van der Waals surface area contributed by atoms with E-state index >= 15 is 0 Å². The van der Waals surface area contributed by atoms with Gasteiger partial charge in [-0.2, -0.15) is 0 Å². The molecule has 0 spiro atoms. The minimum atomic E-state index is -0.769. The third kappa shape index (κ3) is 6.37. The lowest BCUT2D eigenvalue weighted by Gasteiger charge is -2.47. The molecule has 1 saturated heterocycles. The van der Waals surface area contributed by atoms with Crippen LogP contribution in [0.2, 0.25) is 0 Å². The highest BCUT2D eigenvalue weighted by molar-refractivity contribution is 5.82. The Hall–Kier alpha value is -2.77. The maximum Gasteiger partial charge on any atom is 0.410 e. The van der Waals surface area contributed by atoms with Gasteiger partial charge in [0.25, 0.3) is 0 Å². The molecule has 0 aliphatic carbocycles. The quantitative estimate of drug-likeness (QED) is 0.496. The summed E-state index contributed by atoms with van der Waals surface area (Å²) in [5, 5.41) is 0. The molecule has 0 aromatic heterocycles. The number of esters is 1. The molecule has 1 aliphatic rings. The second-order valence-electron chi connectivity index (χ2n) is 8.67.